The van der Waals surface area contributed by atoms with Gasteiger partial charge in [0.2, 0.25) is 5.11 Å². The van der Waals surface area contributed by atoms with Crippen LogP contribution in [0.25, 0.3) is 10.8 Å². The van der Waals surface area contributed by atoms with Crippen molar-refractivity contribution in [3.8, 4) is 0 Å². The Hall–Kier alpha value is -3.25. The Morgan fingerprint density at radius 3 is 2.42 bits per heavy atom. The second-order valence-electron chi connectivity index (χ2n) is 5.90. The van der Waals surface area contributed by atoms with Gasteiger partial charge in [0.25, 0.3) is 11.8 Å². The minimum Gasteiger partial charge on any atom is -0.272 e. The molecule has 4 rings (SSSR count). The third kappa shape index (κ3) is 2.80. The van der Waals surface area contributed by atoms with Crippen LogP contribution in [0.4, 0.5) is 5.69 Å². The molecule has 1 heterocycles. The maximum atomic E-state index is 12.6. The summed E-state index contributed by atoms with van der Waals surface area (Å²) >= 11 is 5.47. The molecule has 3 aromatic carbocycles. The molecule has 128 valence electrons. The van der Waals surface area contributed by atoms with Gasteiger partial charge in [-0.25, -0.2) is 0 Å². The first-order valence-electron chi connectivity index (χ1n) is 8.13. The van der Waals surface area contributed by atoms with Crippen LogP contribution in [0.5, 0.6) is 0 Å². The topological polar surface area (TPSA) is 52.7 Å². The average Bonchev–Trinajstić information content (AvgIpc) is 2.95. The standard InChI is InChI=1S/C20H15N3O2S/c24-18-13-22(21-19(25)15-8-2-1-3-9-15)20(26)23(18)17-12-6-10-14-7-4-5-11-16(14)17/h1-12H,13H2,(H,21,25). The number of amides is 2. The average molecular weight is 361 g/mol. The van der Waals surface area contributed by atoms with Crippen molar-refractivity contribution >= 4 is 45.6 Å². The van der Waals surface area contributed by atoms with E-state index in [2.05, 4.69) is 5.43 Å². The molecular weight excluding hydrogens is 346 g/mol. The highest BCUT2D eigenvalue weighted by Gasteiger charge is 2.35. The van der Waals surface area contributed by atoms with Crippen LogP contribution in [-0.4, -0.2) is 28.5 Å². The van der Waals surface area contributed by atoms with Crippen molar-refractivity contribution < 1.29 is 9.59 Å². The molecule has 0 spiro atoms. The number of nitrogens with one attached hydrogen (secondary N) is 1. The highest BCUT2D eigenvalue weighted by atomic mass is 32.1. The highest BCUT2D eigenvalue weighted by Crippen LogP contribution is 2.29. The SMILES string of the molecule is O=C(NN1CC(=O)N(c2cccc3ccccc23)C1=S)c1ccccc1. The van der Waals surface area contributed by atoms with Crippen molar-refractivity contribution in [3.63, 3.8) is 0 Å². The number of benzene rings is 3. The predicted molar refractivity (Wildman–Crippen MR) is 105 cm³/mol. The second kappa shape index (κ2) is 6.57. The number of rotatable bonds is 3. The van der Waals surface area contributed by atoms with Crippen LogP contribution < -0.4 is 10.3 Å². The number of hydrogen-bond acceptors (Lipinski definition) is 3. The number of carbonyl (C=O) groups is 2. The fourth-order valence-electron chi connectivity index (χ4n) is 3.01. The summed E-state index contributed by atoms with van der Waals surface area (Å²) in [5, 5.41) is 3.62. The van der Waals surface area contributed by atoms with E-state index < -0.39 is 0 Å². The van der Waals surface area contributed by atoms with Crippen molar-refractivity contribution in [2.45, 2.75) is 0 Å². The van der Waals surface area contributed by atoms with Crippen LogP contribution in [0.3, 0.4) is 0 Å². The van der Waals surface area contributed by atoms with Gasteiger partial charge in [0.1, 0.15) is 6.54 Å². The Bertz CT molecular complexity index is 1010. The molecule has 0 saturated carbocycles. The molecule has 26 heavy (non-hydrogen) atoms. The Morgan fingerprint density at radius 2 is 1.62 bits per heavy atom. The zero-order chi connectivity index (χ0) is 18.1. The number of anilines is 1. The summed E-state index contributed by atoms with van der Waals surface area (Å²) in [6.45, 7) is 0.000623. The molecule has 6 heteroatoms. The molecule has 0 aromatic heterocycles. The van der Waals surface area contributed by atoms with Crippen LogP contribution in [0.1, 0.15) is 10.4 Å². The molecular formula is C20H15N3O2S. The number of carbonyl (C=O) groups excluding carboxylic acids is 2. The molecule has 3 aromatic rings. The molecule has 1 aliphatic rings. The summed E-state index contributed by atoms with van der Waals surface area (Å²) in [7, 11) is 0. The van der Waals surface area contributed by atoms with E-state index in [1.54, 1.807) is 24.3 Å². The summed E-state index contributed by atoms with van der Waals surface area (Å²) in [6, 6.07) is 22.3. The molecule has 1 fully saturated rings. The molecule has 0 radical (unpaired) electrons. The molecule has 5 nitrogen and oxygen atoms in total. The van der Waals surface area contributed by atoms with Crippen LogP contribution in [-0.2, 0) is 4.79 Å². The van der Waals surface area contributed by atoms with E-state index in [9.17, 15) is 9.59 Å². The van der Waals surface area contributed by atoms with Crippen molar-refractivity contribution in [2.24, 2.45) is 0 Å². The first-order chi connectivity index (χ1) is 12.6. The Balaban J connectivity index is 1.62. The second-order valence-corrected chi connectivity index (χ2v) is 6.27. The van der Waals surface area contributed by atoms with E-state index in [-0.39, 0.29) is 23.5 Å². The van der Waals surface area contributed by atoms with Gasteiger partial charge in [0, 0.05) is 10.9 Å². The normalized spacial score (nSPS) is 14.2. The van der Waals surface area contributed by atoms with Crippen molar-refractivity contribution in [2.75, 3.05) is 11.4 Å². The number of hydrogen-bond donors (Lipinski definition) is 1. The summed E-state index contributed by atoms with van der Waals surface area (Å²) in [6.07, 6.45) is 0. The van der Waals surface area contributed by atoms with E-state index in [1.807, 2.05) is 48.5 Å². The van der Waals surface area contributed by atoms with Gasteiger partial charge in [-0.2, -0.15) is 0 Å². The number of hydrazine groups is 1. The molecule has 0 atom stereocenters. The van der Waals surface area contributed by atoms with Gasteiger partial charge in [-0.3, -0.25) is 24.9 Å². The van der Waals surface area contributed by atoms with Crippen LogP contribution in [0, 0.1) is 0 Å². The van der Waals surface area contributed by atoms with Crippen molar-refractivity contribution in [1.82, 2.24) is 10.4 Å². The molecule has 0 bridgehead atoms. The zero-order valence-corrected chi connectivity index (χ0v) is 14.6. The lowest BCUT2D eigenvalue weighted by molar-refractivity contribution is -0.116. The van der Waals surface area contributed by atoms with Gasteiger partial charge < -0.3 is 0 Å². The van der Waals surface area contributed by atoms with Crippen molar-refractivity contribution in [1.29, 1.82) is 0 Å². The monoisotopic (exact) mass is 361 g/mol. The first-order valence-corrected chi connectivity index (χ1v) is 8.54. The predicted octanol–water partition coefficient (Wildman–Crippen LogP) is 3.12. The maximum Gasteiger partial charge on any atom is 0.269 e. The van der Waals surface area contributed by atoms with Gasteiger partial charge in [0.15, 0.2) is 0 Å². The number of fused-ring (bicyclic) bond motifs is 1. The Morgan fingerprint density at radius 1 is 0.923 bits per heavy atom. The van der Waals surface area contributed by atoms with Gasteiger partial charge in [0.05, 0.1) is 5.69 Å². The quantitative estimate of drug-likeness (QED) is 0.729. The maximum absolute atomic E-state index is 12.6. The van der Waals surface area contributed by atoms with E-state index in [4.69, 9.17) is 12.2 Å². The van der Waals surface area contributed by atoms with Gasteiger partial charge in [-0.15, -0.1) is 0 Å². The smallest absolute Gasteiger partial charge is 0.269 e. The molecule has 1 N–H and O–H groups in total. The van der Waals surface area contributed by atoms with E-state index in [0.717, 1.165) is 16.5 Å². The third-order valence-electron chi connectivity index (χ3n) is 4.24. The summed E-state index contributed by atoms with van der Waals surface area (Å²) in [5.41, 5.74) is 3.94. The van der Waals surface area contributed by atoms with E-state index >= 15 is 0 Å². The Kier molecular flexibility index (Phi) is 4.10. The van der Waals surface area contributed by atoms with E-state index in [1.165, 1.54) is 9.91 Å². The fraction of sp³-hybridized carbons (Fsp3) is 0.0500. The Labute approximate surface area is 155 Å². The minimum atomic E-state index is -0.305. The first kappa shape index (κ1) is 16.2. The summed E-state index contributed by atoms with van der Waals surface area (Å²) < 4.78 is 0. The van der Waals surface area contributed by atoms with Gasteiger partial charge >= 0.3 is 0 Å². The molecule has 1 saturated heterocycles. The zero-order valence-electron chi connectivity index (χ0n) is 13.8. The van der Waals surface area contributed by atoms with Crippen molar-refractivity contribution in [3.05, 3.63) is 78.4 Å². The number of nitrogens with zero attached hydrogens (tertiary/aromatic N) is 2. The van der Waals surface area contributed by atoms with Gasteiger partial charge in [-0.05, 0) is 35.8 Å². The largest absolute Gasteiger partial charge is 0.272 e. The molecule has 1 aliphatic heterocycles. The van der Waals surface area contributed by atoms with Crippen LogP contribution in [0.2, 0.25) is 0 Å². The number of thiocarbonyl (C=S) groups is 1. The molecule has 2 amide bonds. The fourth-order valence-corrected chi connectivity index (χ4v) is 3.32. The lowest BCUT2D eigenvalue weighted by atomic mass is 10.1. The highest BCUT2D eigenvalue weighted by molar-refractivity contribution is 7.80. The van der Waals surface area contributed by atoms with Crippen LogP contribution >= 0.6 is 12.2 Å². The molecule has 0 unspecified atom stereocenters. The van der Waals surface area contributed by atoms with Crippen LogP contribution in [0.15, 0.2) is 72.8 Å². The van der Waals surface area contributed by atoms with Gasteiger partial charge in [-0.1, -0.05) is 54.6 Å². The lowest BCUT2D eigenvalue weighted by Crippen LogP contribution is -2.44. The minimum absolute atomic E-state index is 0.000623. The lowest BCUT2D eigenvalue weighted by Gasteiger charge is -2.21. The van der Waals surface area contributed by atoms with E-state index in [0.29, 0.717) is 5.56 Å². The summed E-state index contributed by atoms with van der Waals surface area (Å²) in [5.74, 6) is -0.486. The molecule has 0 aliphatic carbocycles. The third-order valence-corrected chi connectivity index (χ3v) is 4.65. The summed E-state index contributed by atoms with van der Waals surface area (Å²) in [4.78, 5) is 26.4.